The molecule has 0 aliphatic rings. The van der Waals surface area contributed by atoms with Gasteiger partial charge in [0.15, 0.2) is 0 Å². The molecule has 20 heavy (non-hydrogen) atoms. The lowest BCUT2D eigenvalue weighted by Gasteiger charge is -1.99. The second kappa shape index (κ2) is 5.64. The first-order valence-corrected chi connectivity index (χ1v) is 7.97. The molecule has 0 bridgehead atoms. The summed E-state index contributed by atoms with van der Waals surface area (Å²) in [6.45, 7) is 2.08. The van der Waals surface area contributed by atoms with Crippen LogP contribution in [0.15, 0.2) is 47.1 Å². The first-order valence-electron chi connectivity index (χ1n) is 5.99. The number of halogens is 2. The first-order chi connectivity index (χ1) is 9.63. The fourth-order valence-corrected chi connectivity index (χ4v) is 3.34. The lowest BCUT2D eigenvalue weighted by atomic mass is 10.1. The van der Waals surface area contributed by atoms with E-state index in [4.69, 9.17) is 16.6 Å². The largest absolute Gasteiger partial charge is 0.252 e. The highest BCUT2D eigenvalue weighted by Crippen LogP contribution is 2.33. The van der Waals surface area contributed by atoms with Crippen LogP contribution in [-0.4, -0.2) is 9.97 Å². The average Bonchev–Trinajstić information content (AvgIpc) is 2.82. The Morgan fingerprint density at radius 1 is 1.20 bits per heavy atom. The normalized spacial score (nSPS) is 10.8. The molecule has 0 spiro atoms. The molecule has 0 saturated carbocycles. The van der Waals surface area contributed by atoms with Gasteiger partial charge in [-0.2, -0.15) is 0 Å². The van der Waals surface area contributed by atoms with E-state index in [0.29, 0.717) is 5.02 Å². The van der Waals surface area contributed by atoms with Crippen molar-refractivity contribution in [1.29, 1.82) is 0 Å². The van der Waals surface area contributed by atoms with E-state index in [1.54, 1.807) is 17.5 Å². The summed E-state index contributed by atoms with van der Waals surface area (Å²) < 4.78 is 1.05. The van der Waals surface area contributed by atoms with Crippen molar-refractivity contribution < 1.29 is 0 Å². The fraction of sp³-hybridized carbons (Fsp3) is 0.0667. The second-order valence-corrected chi connectivity index (χ2v) is 6.85. The van der Waals surface area contributed by atoms with Crippen molar-refractivity contribution >= 4 is 38.9 Å². The SMILES string of the molecule is Cc1sc(-c2ccc(Cl)cn2)nc1-c1cccc(Br)c1. The number of aryl methyl sites for hydroxylation is 1. The molecule has 5 heteroatoms. The van der Waals surface area contributed by atoms with Crippen LogP contribution < -0.4 is 0 Å². The van der Waals surface area contributed by atoms with E-state index in [9.17, 15) is 0 Å². The Morgan fingerprint density at radius 2 is 2.05 bits per heavy atom. The second-order valence-electron chi connectivity index (χ2n) is 4.30. The topological polar surface area (TPSA) is 25.8 Å². The molecule has 3 rings (SSSR count). The molecule has 0 aliphatic carbocycles. The maximum absolute atomic E-state index is 5.86. The lowest BCUT2D eigenvalue weighted by molar-refractivity contribution is 1.29. The van der Waals surface area contributed by atoms with Crippen molar-refractivity contribution in [3.8, 4) is 22.0 Å². The van der Waals surface area contributed by atoms with Gasteiger partial charge in [0.25, 0.3) is 0 Å². The highest BCUT2D eigenvalue weighted by atomic mass is 79.9. The zero-order valence-electron chi connectivity index (χ0n) is 10.6. The molecule has 0 atom stereocenters. The van der Waals surface area contributed by atoms with Crippen LogP contribution in [0.5, 0.6) is 0 Å². The molecule has 0 N–H and O–H groups in total. The van der Waals surface area contributed by atoms with Crippen LogP contribution in [0.2, 0.25) is 5.02 Å². The Hall–Kier alpha value is -1.23. The highest BCUT2D eigenvalue weighted by Gasteiger charge is 2.12. The molecule has 3 aromatic rings. The number of nitrogens with zero attached hydrogens (tertiary/aromatic N) is 2. The molecule has 0 fully saturated rings. The van der Waals surface area contributed by atoms with Gasteiger partial charge in [0.2, 0.25) is 0 Å². The van der Waals surface area contributed by atoms with Crippen molar-refractivity contribution in [1.82, 2.24) is 9.97 Å². The number of hydrogen-bond acceptors (Lipinski definition) is 3. The summed E-state index contributed by atoms with van der Waals surface area (Å²) in [5.41, 5.74) is 2.96. The van der Waals surface area contributed by atoms with E-state index < -0.39 is 0 Å². The van der Waals surface area contributed by atoms with Crippen molar-refractivity contribution in [3.63, 3.8) is 0 Å². The molecule has 0 amide bonds. The predicted octanol–water partition coefficient (Wildman–Crippen LogP) is 5.60. The maximum Gasteiger partial charge on any atom is 0.142 e. The molecule has 1 aromatic carbocycles. The summed E-state index contributed by atoms with van der Waals surface area (Å²) >= 11 is 11.0. The summed E-state index contributed by atoms with van der Waals surface area (Å²) in [6, 6.07) is 11.9. The van der Waals surface area contributed by atoms with E-state index in [2.05, 4.69) is 40.0 Å². The monoisotopic (exact) mass is 364 g/mol. The van der Waals surface area contributed by atoms with Gasteiger partial charge < -0.3 is 0 Å². The summed E-state index contributed by atoms with van der Waals surface area (Å²) in [5, 5.41) is 1.54. The van der Waals surface area contributed by atoms with Gasteiger partial charge in [0, 0.05) is 21.1 Å². The number of rotatable bonds is 2. The molecule has 2 nitrogen and oxygen atoms in total. The minimum absolute atomic E-state index is 0.634. The van der Waals surface area contributed by atoms with E-state index >= 15 is 0 Å². The average molecular weight is 366 g/mol. The molecule has 2 aromatic heterocycles. The molecule has 2 heterocycles. The van der Waals surface area contributed by atoms with Crippen LogP contribution in [0, 0.1) is 6.92 Å². The number of thiazole rings is 1. The van der Waals surface area contributed by atoms with Gasteiger partial charge in [-0.05, 0) is 31.2 Å². The Morgan fingerprint density at radius 3 is 2.75 bits per heavy atom. The molecule has 0 unspecified atom stereocenters. The Labute approximate surface area is 134 Å². The maximum atomic E-state index is 5.86. The Balaban J connectivity index is 2.05. The van der Waals surface area contributed by atoms with Gasteiger partial charge in [-0.1, -0.05) is 39.7 Å². The van der Waals surface area contributed by atoms with Crippen molar-refractivity contribution in [2.75, 3.05) is 0 Å². The van der Waals surface area contributed by atoms with Crippen LogP contribution in [0.25, 0.3) is 22.0 Å². The smallest absolute Gasteiger partial charge is 0.142 e. The summed E-state index contributed by atoms with van der Waals surface area (Å²) in [6.07, 6.45) is 1.65. The van der Waals surface area contributed by atoms with Crippen LogP contribution >= 0.6 is 38.9 Å². The van der Waals surface area contributed by atoms with E-state index in [1.807, 2.05) is 24.3 Å². The zero-order chi connectivity index (χ0) is 14.1. The third-order valence-corrected chi connectivity index (χ3v) is 4.55. The minimum atomic E-state index is 0.634. The first kappa shape index (κ1) is 13.7. The summed E-state index contributed by atoms with van der Waals surface area (Å²) in [5.74, 6) is 0. The quantitative estimate of drug-likeness (QED) is 0.591. The fourth-order valence-electron chi connectivity index (χ4n) is 1.91. The minimum Gasteiger partial charge on any atom is -0.252 e. The molecule has 100 valence electrons. The van der Waals surface area contributed by atoms with Crippen LogP contribution in [0.1, 0.15) is 4.88 Å². The van der Waals surface area contributed by atoms with Gasteiger partial charge in [-0.25, -0.2) is 4.98 Å². The van der Waals surface area contributed by atoms with Gasteiger partial charge in [0.1, 0.15) is 5.01 Å². The third kappa shape index (κ3) is 2.77. The number of benzene rings is 1. The molecule has 0 aliphatic heterocycles. The van der Waals surface area contributed by atoms with Crippen molar-refractivity contribution in [3.05, 3.63) is 57.0 Å². The van der Waals surface area contributed by atoms with Crippen LogP contribution in [0.4, 0.5) is 0 Å². The standard InChI is InChI=1S/C15H10BrClN2S/c1-9-14(10-3-2-4-11(16)7-10)19-15(20-9)13-6-5-12(17)8-18-13/h2-8H,1H3. The van der Waals surface area contributed by atoms with Crippen LogP contribution in [0.3, 0.4) is 0 Å². The Kier molecular flexibility index (Phi) is 3.87. The van der Waals surface area contributed by atoms with Crippen molar-refractivity contribution in [2.24, 2.45) is 0 Å². The number of pyridine rings is 1. The van der Waals surface area contributed by atoms with E-state index in [-0.39, 0.29) is 0 Å². The van der Waals surface area contributed by atoms with E-state index in [0.717, 1.165) is 26.4 Å². The molecule has 0 radical (unpaired) electrons. The van der Waals surface area contributed by atoms with Crippen molar-refractivity contribution in [2.45, 2.75) is 6.92 Å². The summed E-state index contributed by atoms with van der Waals surface area (Å²) in [4.78, 5) is 10.2. The van der Waals surface area contributed by atoms with Gasteiger partial charge in [-0.15, -0.1) is 11.3 Å². The van der Waals surface area contributed by atoms with Gasteiger partial charge in [0.05, 0.1) is 16.4 Å². The number of aromatic nitrogens is 2. The van der Waals surface area contributed by atoms with E-state index in [1.165, 1.54) is 4.88 Å². The molecule has 0 saturated heterocycles. The lowest BCUT2D eigenvalue weighted by Crippen LogP contribution is -1.83. The highest BCUT2D eigenvalue weighted by molar-refractivity contribution is 9.10. The number of hydrogen-bond donors (Lipinski definition) is 0. The summed E-state index contributed by atoms with van der Waals surface area (Å²) in [7, 11) is 0. The van der Waals surface area contributed by atoms with Gasteiger partial charge in [-0.3, -0.25) is 4.98 Å². The third-order valence-electron chi connectivity index (χ3n) is 2.84. The van der Waals surface area contributed by atoms with Gasteiger partial charge >= 0.3 is 0 Å². The molecular weight excluding hydrogens is 356 g/mol. The zero-order valence-corrected chi connectivity index (χ0v) is 13.8. The molecular formula is C15H10BrClN2S. The predicted molar refractivity (Wildman–Crippen MR) is 88.2 cm³/mol. The van der Waals surface area contributed by atoms with Crippen LogP contribution in [-0.2, 0) is 0 Å². The Bertz CT molecular complexity index is 753.